The third kappa shape index (κ3) is 6.68. The molecule has 4 N–H and O–H groups in total. The molecule has 0 saturated heterocycles. The molecular weight excluding hydrogens is 417 g/mol. The highest BCUT2D eigenvalue weighted by Gasteiger charge is 2.39. The topological polar surface area (TPSA) is 124 Å². The van der Waals surface area contributed by atoms with Crippen molar-refractivity contribution in [2.24, 2.45) is 5.92 Å². The van der Waals surface area contributed by atoms with Gasteiger partial charge in [0.2, 0.25) is 0 Å². The van der Waals surface area contributed by atoms with Gasteiger partial charge in [-0.15, -0.1) is 0 Å². The molecule has 8 heteroatoms. The zero-order valence-corrected chi connectivity index (χ0v) is 18.9. The summed E-state index contributed by atoms with van der Waals surface area (Å²) in [6.45, 7) is 6.14. The van der Waals surface area contributed by atoms with E-state index in [2.05, 4.69) is 5.32 Å². The van der Waals surface area contributed by atoms with Crippen LogP contribution in [0.15, 0.2) is 54.6 Å². The quantitative estimate of drug-likeness (QED) is 0.394. The van der Waals surface area contributed by atoms with Gasteiger partial charge in [0.1, 0.15) is 0 Å². The van der Waals surface area contributed by atoms with E-state index in [9.17, 15) is 24.2 Å². The Hall–Kier alpha value is -2.63. The summed E-state index contributed by atoms with van der Waals surface area (Å²) in [7, 11) is -3.36. The predicted octanol–water partition coefficient (Wildman–Crippen LogP) is 4.54. The number of rotatable bonds is 10. The second kappa shape index (κ2) is 10.6. The number of anilines is 1. The van der Waals surface area contributed by atoms with Crippen molar-refractivity contribution in [1.82, 2.24) is 0 Å². The number of hydrogen-bond donors (Lipinski definition) is 4. The number of carbonyl (C=O) groups is 2. The lowest BCUT2D eigenvalue weighted by atomic mass is 9.85. The van der Waals surface area contributed by atoms with Crippen LogP contribution < -0.4 is 5.32 Å². The number of carboxylic acid groups (broad SMARTS) is 2. The zero-order valence-electron chi connectivity index (χ0n) is 17.9. The Morgan fingerprint density at radius 3 is 2.10 bits per heavy atom. The molecule has 0 bridgehead atoms. The normalized spacial score (nSPS) is 15.5. The van der Waals surface area contributed by atoms with Gasteiger partial charge in [-0.3, -0.25) is 14.2 Å². The molecule has 4 unspecified atom stereocenters. The number of nitrogens with one attached hydrogen (secondary N) is 1. The Morgan fingerprint density at radius 1 is 1.00 bits per heavy atom. The highest BCUT2D eigenvalue weighted by Crippen LogP contribution is 2.43. The fourth-order valence-electron chi connectivity index (χ4n) is 3.75. The van der Waals surface area contributed by atoms with E-state index < -0.39 is 44.0 Å². The summed E-state index contributed by atoms with van der Waals surface area (Å²) in [5, 5.41) is 22.2. The number of aliphatic carboxylic acids is 2. The molecule has 31 heavy (non-hydrogen) atoms. The van der Waals surface area contributed by atoms with Crippen molar-refractivity contribution in [3.05, 3.63) is 65.7 Å². The number of carboxylic acids is 2. The van der Waals surface area contributed by atoms with Gasteiger partial charge in [-0.05, 0) is 29.0 Å². The van der Waals surface area contributed by atoms with Crippen LogP contribution in [0.25, 0.3) is 0 Å². The fourth-order valence-corrected chi connectivity index (χ4v) is 4.97. The minimum Gasteiger partial charge on any atom is -0.481 e. The number of benzene rings is 2. The van der Waals surface area contributed by atoms with Crippen molar-refractivity contribution >= 4 is 25.7 Å². The third-order valence-electron chi connectivity index (χ3n) is 5.27. The maximum absolute atomic E-state index is 12.5. The van der Waals surface area contributed by atoms with Gasteiger partial charge in [0, 0.05) is 12.1 Å². The summed E-state index contributed by atoms with van der Waals surface area (Å²) in [6, 6.07) is 15.7. The molecule has 0 aliphatic heterocycles. The third-order valence-corrected chi connectivity index (χ3v) is 6.57. The highest BCUT2D eigenvalue weighted by atomic mass is 31.1. The smallest absolute Gasteiger partial charge is 0.307 e. The standard InChI is InChI=1S/C23H30NO6P/c1-23(2,3)17-11-7-8-12-18(17)24-20(15-9-5-4-6-10-15)21(31(29)30)16(22(27)28)13-14-19(25)26/h4-12,16,20-21,24,31H,13-14H2,1-3H3,(H,25,26)(H,27,28)(H,29,30). The Balaban J connectivity index is 2.58. The monoisotopic (exact) mass is 447 g/mol. The van der Waals surface area contributed by atoms with E-state index in [1.54, 1.807) is 30.3 Å². The van der Waals surface area contributed by atoms with E-state index >= 15 is 0 Å². The lowest BCUT2D eigenvalue weighted by Crippen LogP contribution is -2.35. The van der Waals surface area contributed by atoms with E-state index in [0.29, 0.717) is 5.56 Å². The second-order valence-electron chi connectivity index (χ2n) is 8.57. The summed E-state index contributed by atoms with van der Waals surface area (Å²) in [5.74, 6) is -3.73. The molecule has 2 aromatic carbocycles. The first-order valence-corrected chi connectivity index (χ1v) is 11.5. The summed E-state index contributed by atoms with van der Waals surface area (Å²) in [6.07, 6.45) is -0.638. The molecule has 0 spiro atoms. The summed E-state index contributed by atoms with van der Waals surface area (Å²) in [4.78, 5) is 33.3. The van der Waals surface area contributed by atoms with Gasteiger partial charge in [0.25, 0.3) is 0 Å². The van der Waals surface area contributed by atoms with Crippen molar-refractivity contribution in [1.29, 1.82) is 0 Å². The number of para-hydroxylation sites is 1. The molecule has 7 nitrogen and oxygen atoms in total. The van der Waals surface area contributed by atoms with Crippen molar-refractivity contribution in [2.45, 2.75) is 50.7 Å². The maximum Gasteiger partial charge on any atom is 0.307 e. The van der Waals surface area contributed by atoms with E-state index in [0.717, 1.165) is 11.3 Å². The number of hydrogen-bond acceptors (Lipinski definition) is 4. The Bertz CT molecular complexity index is 925. The van der Waals surface area contributed by atoms with Gasteiger partial charge < -0.3 is 20.4 Å². The SMILES string of the molecule is CC(C)(C)c1ccccc1NC(c1ccccc1)C(C(CCC(=O)O)C(=O)O)[PH](=O)O. The van der Waals surface area contributed by atoms with Crippen molar-refractivity contribution in [3.8, 4) is 0 Å². The van der Waals surface area contributed by atoms with Gasteiger partial charge in [0.15, 0.2) is 8.03 Å². The van der Waals surface area contributed by atoms with E-state index in [-0.39, 0.29) is 11.8 Å². The van der Waals surface area contributed by atoms with Crippen LogP contribution in [-0.4, -0.2) is 32.7 Å². The largest absolute Gasteiger partial charge is 0.481 e. The van der Waals surface area contributed by atoms with Gasteiger partial charge >= 0.3 is 11.9 Å². The van der Waals surface area contributed by atoms with Crippen LogP contribution in [-0.2, 0) is 19.6 Å². The van der Waals surface area contributed by atoms with Crippen LogP contribution in [0, 0.1) is 5.92 Å². The van der Waals surface area contributed by atoms with Crippen LogP contribution in [0.3, 0.4) is 0 Å². The highest BCUT2D eigenvalue weighted by molar-refractivity contribution is 7.39. The van der Waals surface area contributed by atoms with Gasteiger partial charge in [-0.1, -0.05) is 69.3 Å². The molecule has 0 fully saturated rings. The first-order chi connectivity index (χ1) is 14.5. The molecule has 0 aromatic heterocycles. The average molecular weight is 447 g/mol. The first kappa shape index (κ1) is 24.6. The molecule has 4 atom stereocenters. The Labute approximate surface area is 183 Å². The van der Waals surface area contributed by atoms with Crippen molar-refractivity contribution in [2.75, 3.05) is 5.32 Å². The lowest BCUT2D eigenvalue weighted by molar-refractivity contribution is -0.143. The van der Waals surface area contributed by atoms with Gasteiger partial charge in [0.05, 0.1) is 17.6 Å². The minimum atomic E-state index is -3.36. The maximum atomic E-state index is 12.5. The minimum absolute atomic E-state index is 0.222. The Morgan fingerprint density at radius 2 is 1.58 bits per heavy atom. The summed E-state index contributed by atoms with van der Waals surface area (Å²) in [5.41, 5.74) is 0.951. The van der Waals surface area contributed by atoms with Crippen molar-refractivity contribution in [3.63, 3.8) is 0 Å². The van der Waals surface area contributed by atoms with Crippen LogP contribution in [0.4, 0.5) is 5.69 Å². The van der Waals surface area contributed by atoms with Crippen LogP contribution in [0.2, 0.25) is 0 Å². The average Bonchev–Trinajstić information content (AvgIpc) is 2.69. The van der Waals surface area contributed by atoms with E-state index in [1.165, 1.54) is 0 Å². The van der Waals surface area contributed by atoms with Crippen LogP contribution >= 0.6 is 8.03 Å². The van der Waals surface area contributed by atoms with Gasteiger partial charge in [-0.25, -0.2) is 0 Å². The summed E-state index contributed by atoms with van der Waals surface area (Å²) < 4.78 is 12.5. The molecule has 0 amide bonds. The molecule has 2 rings (SSSR count). The lowest BCUT2D eigenvalue weighted by Gasteiger charge is -2.33. The molecule has 0 radical (unpaired) electrons. The second-order valence-corrected chi connectivity index (χ2v) is 9.91. The zero-order chi connectivity index (χ0) is 23.2. The molecule has 0 aliphatic carbocycles. The van der Waals surface area contributed by atoms with Gasteiger partial charge in [-0.2, -0.15) is 0 Å². The van der Waals surface area contributed by atoms with Crippen LogP contribution in [0.1, 0.15) is 50.8 Å². The molecule has 0 heterocycles. The molecular formula is C23H30NO6P. The van der Waals surface area contributed by atoms with E-state index in [1.807, 2.05) is 45.0 Å². The van der Waals surface area contributed by atoms with E-state index in [4.69, 9.17) is 5.11 Å². The molecule has 0 saturated carbocycles. The molecule has 0 aliphatic rings. The Kier molecular flexibility index (Phi) is 8.43. The fraction of sp³-hybridized carbons (Fsp3) is 0.391. The van der Waals surface area contributed by atoms with Crippen LogP contribution in [0.5, 0.6) is 0 Å². The first-order valence-electron chi connectivity index (χ1n) is 10.1. The summed E-state index contributed by atoms with van der Waals surface area (Å²) >= 11 is 0. The predicted molar refractivity (Wildman–Crippen MR) is 121 cm³/mol. The molecule has 168 valence electrons. The molecule has 2 aromatic rings. The van der Waals surface area contributed by atoms with Crippen molar-refractivity contribution < 1.29 is 29.3 Å².